The van der Waals surface area contributed by atoms with Gasteiger partial charge in [-0.15, -0.1) is 11.3 Å². The molecule has 12 heteroatoms. The maximum Gasteiger partial charge on any atom is 0.490 e. The van der Waals surface area contributed by atoms with Crippen LogP contribution in [0.25, 0.3) is 10.2 Å². The molecule has 1 amide bonds. The fourth-order valence-electron chi connectivity index (χ4n) is 2.19. The average molecular weight is 426 g/mol. The van der Waals surface area contributed by atoms with Gasteiger partial charge >= 0.3 is 12.1 Å². The summed E-state index contributed by atoms with van der Waals surface area (Å²) in [6, 6.07) is 0.0755. The van der Waals surface area contributed by atoms with Crippen molar-refractivity contribution in [3.05, 3.63) is 21.2 Å². The monoisotopic (exact) mass is 425 g/mol. The van der Waals surface area contributed by atoms with Gasteiger partial charge in [-0.25, -0.2) is 9.78 Å². The zero-order valence-corrected chi connectivity index (χ0v) is 15.7. The molecule has 27 heavy (non-hydrogen) atoms. The van der Waals surface area contributed by atoms with Crippen LogP contribution in [0, 0.1) is 13.8 Å². The van der Waals surface area contributed by atoms with Gasteiger partial charge in [-0.3, -0.25) is 4.79 Å². The van der Waals surface area contributed by atoms with Crippen molar-refractivity contribution in [3.8, 4) is 0 Å². The van der Waals surface area contributed by atoms with Gasteiger partial charge < -0.3 is 20.9 Å². The van der Waals surface area contributed by atoms with Crippen molar-refractivity contribution in [2.75, 3.05) is 18.9 Å². The number of nitrogen functional groups attached to an aromatic ring is 1. The highest BCUT2D eigenvalue weighted by Crippen LogP contribution is 2.38. The van der Waals surface area contributed by atoms with Crippen molar-refractivity contribution in [2.45, 2.75) is 26.1 Å². The smallest absolute Gasteiger partial charge is 0.475 e. The van der Waals surface area contributed by atoms with Crippen LogP contribution in [-0.4, -0.2) is 47.4 Å². The number of aryl methyl sites for hydroxylation is 2. The maximum absolute atomic E-state index is 12.2. The lowest BCUT2D eigenvalue weighted by Crippen LogP contribution is -2.48. The molecule has 1 aliphatic heterocycles. The molecule has 0 aliphatic carbocycles. The molecule has 0 atom stereocenters. The number of fused-ring (bicyclic) bond motifs is 1. The molecule has 2 aromatic heterocycles. The minimum Gasteiger partial charge on any atom is -0.475 e. The number of carboxylic acids is 1. The van der Waals surface area contributed by atoms with E-state index in [1.165, 1.54) is 11.3 Å². The number of carbonyl (C=O) groups is 2. The van der Waals surface area contributed by atoms with Crippen LogP contribution in [0.5, 0.6) is 0 Å². The number of rotatable bonds is 2. The fraction of sp³-hybridized carbons (Fsp3) is 0.400. The Bertz CT molecular complexity index is 897. The third-order valence-corrected chi connectivity index (χ3v) is 5.29. The van der Waals surface area contributed by atoms with E-state index in [1.807, 2.05) is 13.8 Å². The van der Waals surface area contributed by atoms with Gasteiger partial charge in [0, 0.05) is 5.39 Å². The number of pyridine rings is 1. The molecule has 4 N–H and O–H groups in total. The number of hydrogen-bond acceptors (Lipinski definition) is 6. The molecule has 0 aromatic carbocycles. The second-order valence-electron chi connectivity index (χ2n) is 5.67. The largest absolute Gasteiger partial charge is 0.490 e. The Hall–Kier alpha value is -2.11. The van der Waals surface area contributed by atoms with Crippen LogP contribution in [0.3, 0.4) is 0 Å². The SMILES string of the molecule is Cc1nc2sc(C(=O)NC3COC3)c(N)c2c(C)c1Cl.O=C(O)C(F)(F)F. The highest BCUT2D eigenvalue weighted by atomic mass is 35.5. The number of nitrogens with zero attached hydrogens (tertiary/aromatic N) is 1. The minimum absolute atomic E-state index is 0.0755. The number of aliphatic carboxylic acids is 1. The summed E-state index contributed by atoms with van der Waals surface area (Å²) in [6.45, 7) is 4.84. The number of nitrogens with one attached hydrogen (secondary N) is 1. The van der Waals surface area contributed by atoms with Gasteiger partial charge in [0.15, 0.2) is 0 Å². The lowest BCUT2D eigenvalue weighted by Gasteiger charge is -2.26. The highest BCUT2D eigenvalue weighted by molar-refractivity contribution is 7.21. The molecule has 0 bridgehead atoms. The summed E-state index contributed by atoms with van der Waals surface area (Å²) in [5, 5.41) is 11.4. The molecule has 2 aromatic rings. The molecule has 148 valence electrons. The van der Waals surface area contributed by atoms with Crippen molar-refractivity contribution in [2.24, 2.45) is 0 Å². The number of carboxylic acid groups (broad SMARTS) is 1. The van der Waals surface area contributed by atoms with Gasteiger partial charge in [0.2, 0.25) is 0 Å². The Morgan fingerprint density at radius 3 is 2.37 bits per heavy atom. The first-order valence-electron chi connectivity index (χ1n) is 7.46. The van der Waals surface area contributed by atoms with Gasteiger partial charge in [0.25, 0.3) is 5.91 Å². The number of carbonyl (C=O) groups excluding carboxylic acids is 1. The van der Waals surface area contributed by atoms with E-state index in [-0.39, 0.29) is 11.9 Å². The number of amides is 1. The zero-order chi connectivity index (χ0) is 20.5. The van der Waals surface area contributed by atoms with Crippen LogP contribution in [-0.2, 0) is 9.53 Å². The van der Waals surface area contributed by atoms with Gasteiger partial charge in [-0.2, -0.15) is 13.2 Å². The second-order valence-corrected chi connectivity index (χ2v) is 7.05. The molecular formula is C15H15ClF3N3O4S. The first kappa shape index (κ1) is 21.2. The van der Waals surface area contributed by atoms with Crippen molar-refractivity contribution < 1.29 is 32.6 Å². The van der Waals surface area contributed by atoms with E-state index in [9.17, 15) is 18.0 Å². The first-order chi connectivity index (χ1) is 12.4. The Kier molecular flexibility index (Phi) is 6.17. The maximum atomic E-state index is 12.2. The average Bonchev–Trinajstić information content (AvgIpc) is 2.85. The lowest BCUT2D eigenvalue weighted by molar-refractivity contribution is -0.192. The predicted molar refractivity (Wildman–Crippen MR) is 94.3 cm³/mol. The molecule has 7 nitrogen and oxygen atoms in total. The highest BCUT2D eigenvalue weighted by Gasteiger charge is 2.38. The summed E-state index contributed by atoms with van der Waals surface area (Å²) in [4.78, 5) is 26.8. The Labute approximate surface area is 160 Å². The summed E-state index contributed by atoms with van der Waals surface area (Å²) in [6.07, 6.45) is -5.08. The number of anilines is 1. The fourth-order valence-corrected chi connectivity index (χ4v) is 3.44. The number of aromatic nitrogens is 1. The molecule has 1 fully saturated rings. The predicted octanol–water partition coefficient (Wildman–Crippen LogP) is 2.91. The van der Waals surface area contributed by atoms with Gasteiger partial charge in [0.05, 0.1) is 35.7 Å². The molecule has 0 unspecified atom stereocenters. The third-order valence-electron chi connectivity index (χ3n) is 3.64. The topological polar surface area (TPSA) is 115 Å². The number of thiophene rings is 1. The van der Waals surface area contributed by atoms with Gasteiger partial charge in [-0.05, 0) is 19.4 Å². The molecule has 0 radical (unpaired) electrons. The van der Waals surface area contributed by atoms with E-state index in [2.05, 4.69) is 10.3 Å². The van der Waals surface area contributed by atoms with Crippen LogP contribution >= 0.6 is 22.9 Å². The van der Waals surface area contributed by atoms with E-state index in [4.69, 9.17) is 32.0 Å². The van der Waals surface area contributed by atoms with E-state index >= 15 is 0 Å². The Morgan fingerprint density at radius 2 is 1.93 bits per heavy atom. The second kappa shape index (κ2) is 7.87. The Balaban J connectivity index is 0.000000321. The third kappa shape index (κ3) is 4.60. The summed E-state index contributed by atoms with van der Waals surface area (Å²) >= 11 is 7.50. The van der Waals surface area contributed by atoms with Crippen LogP contribution in [0.1, 0.15) is 20.9 Å². The number of alkyl halides is 3. The van der Waals surface area contributed by atoms with E-state index in [0.717, 1.165) is 21.5 Å². The van der Waals surface area contributed by atoms with Crippen molar-refractivity contribution in [1.82, 2.24) is 10.3 Å². The summed E-state index contributed by atoms with van der Waals surface area (Å²) in [5.74, 6) is -2.93. The molecule has 3 rings (SSSR count). The first-order valence-corrected chi connectivity index (χ1v) is 8.66. The number of hydrogen-bond donors (Lipinski definition) is 3. The van der Waals surface area contributed by atoms with E-state index in [1.54, 1.807) is 0 Å². The normalized spacial score (nSPS) is 14.3. The van der Waals surface area contributed by atoms with Crippen LogP contribution < -0.4 is 11.1 Å². The van der Waals surface area contributed by atoms with Crippen molar-refractivity contribution in [3.63, 3.8) is 0 Å². The summed E-state index contributed by atoms with van der Waals surface area (Å²) in [7, 11) is 0. The van der Waals surface area contributed by atoms with Crippen LogP contribution in [0.2, 0.25) is 5.02 Å². The number of ether oxygens (including phenoxy) is 1. The quantitative estimate of drug-likeness (QED) is 0.681. The molecule has 0 saturated carbocycles. The van der Waals surface area contributed by atoms with Crippen molar-refractivity contribution >= 4 is 50.7 Å². The Morgan fingerprint density at radius 1 is 1.37 bits per heavy atom. The number of nitrogens with two attached hydrogens (primary N) is 1. The number of halogens is 4. The zero-order valence-electron chi connectivity index (χ0n) is 14.1. The van der Waals surface area contributed by atoms with E-state index < -0.39 is 12.1 Å². The summed E-state index contributed by atoms with van der Waals surface area (Å²) < 4.78 is 36.8. The molecule has 1 saturated heterocycles. The standard InChI is InChI=1S/C13H14ClN3O2S.C2HF3O2/c1-5-8-10(15)11(12(18)17-7-3-19-4-7)20-13(8)16-6(2)9(5)14;3-2(4,5)1(6)7/h7H,3-4,15H2,1-2H3,(H,17,18);(H,6,7). The van der Waals surface area contributed by atoms with Gasteiger partial charge in [0.1, 0.15) is 9.71 Å². The van der Waals surface area contributed by atoms with E-state index in [0.29, 0.717) is 28.8 Å². The van der Waals surface area contributed by atoms with Crippen LogP contribution in [0.4, 0.5) is 18.9 Å². The molecular weight excluding hydrogens is 411 g/mol. The van der Waals surface area contributed by atoms with Gasteiger partial charge in [-0.1, -0.05) is 11.6 Å². The summed E-state index contributed by atoms with van der Waals surface area (Å²) in [5.41, 5.74) is 8.18. The van der Waals surface area contributed by atoms with Crippen LogP contribution in [0.15, 0.2) is 0 Å². The molecule has 1 aliphatic rings. The molecule has 3 heterocycles. The minimum atomic E-state index is -5.08. The van der Waals surface area contributed by atoms with Crippen molar-refractivity contribution in [1.29, 1.82) is 0 Å². The lowest BCUT2D eigenvalue weighted by atomic mass is 10.1. The molecule has 0 spiro atoms.